The van der Waals surface area contributed by atoms with Crippen molar-refractivity contribution < 1.29 is 19.0 Å². The number of rotatable bonds is 5. The molecule has 1 amide bonds. The Labute approximate surface area is 194 Å². The van der Waals surface area contributed by atoms with E-state index in [4.69, 9.17) is 4.74 Å². The molecule has 3 N–H and O–H groups in total. The molecular formula is C23H26FN7O3. The SMILES string of the molecule is CNC(=O)c1cnc2ccc(-c3c(F)cn4nc(N[C@H]5CC[C@](C)(O)CC5)nc(OC)c34)cn12. The minimum absolute atomic E-state index is 0.106. The first-order valence-corrected chi connectivity index (χ1v) is 11.1. The Kier molecular flexibility index (Phi) is 5.35. The van der Waals surface area contributed by atoms with Crippen LogP contribution in [-0.4, -0.2) is 60.8 Å². The van der Waals surface area contributed by atoms with E-state index >= 15 is 4.39 Å². The van der Waals surface area contributed by atoms with Gasteiger partial charge in [-0.2, -0.15) is 4.98 Å². The summed E-state index contributed by atoms with van der Waals surface area (Å²) in [5.74, 6) is -0.256. The van der Waals surface area contributed by atoms with Crippen LogP contribution in [0.5, 0.6) is 5.88 Å². The van der Waals surface area contributed by atoms with Gasteiger partial charge < -0.3 is 20.5 Å². The summed E-state index contributed by atoms with van der Waals surface area (Å²) in [5, 5.41) is 20.5. The van der Waals surface area contributed by atoms with Crippen LogP contribution in [0.15, 0.2) is 30.7 Å². The third-order valence-corrected chi connectivity index (χ3v) is 6.40. The number of hydrogen-bond donors (Lipinski definition) is 3. The third-order valence-electron chi connectivity index (χ3n) is 6.40. The average Bonchev–Trinajstić information content (AvgIpc) is 3.39. The highest BCUT2D eigenvalue weighted by Gasteiger charge is 2.29. The van der Waals surface area contributed by atoms with Gasteiger partial charge in [0.25, 0.3) is 5.91 Å². The van der Waals surface area contributed by atoms with Crippen molar-refractivity contribution in [1.82, 2.24) is 29.3 Å². The second kappa shape index (κ2) is 8.24. The number of halogens is 1. The second-order valence-electron chi connectivity index (χ2n) is 8.87. The van der Waals surface area contributed by atoms with Crippen molar-refractivity contribution in [2.75, 3.05) is 19.5 Å². The number of imidazole rings is 1. The number of nitrogens with one attached hydrogen (secondary N) is 2. The molecule has 0 bridgehead atoms. The molecule has 0 radical (unpaired) electrons. The molecule has 1 fully saturated rings. The molecule has 11 heteroatoms. The topological polar surface area (TPSA) is 118 Å². The molecular weight excluding hydrogens is 441 g/mol. The van der Waals surface area contributed by atoms with Crippen LogP contribution in [0.3, 0.4) is 0 Å². The lowest BCUT2D eigenvalue weighted by Gasteiger charge is -2.33. The molecule has 34 heavy (non-hydrogen) atoms. The van der Waals surface area contributed by atoms with E-state index in [1.807, 2.05) is 6.92 Å². The number of fused-ring (bicyclic) bond motifs is 2. The largest absolute Gasteiger partial charge is 0.479 e. The molecule has 0 aromatic carbocycles. The Balaban J connectivity index is 1.55. The van der Waals surface area contributed by atoms with Gasteiger partial charge in [0.1, 0.15) is 16.9 Å². The summed E-state index contributed by atoms with van der Waals surface area (Å²) in [6.45, 7) is 1.84. The summed E-state index contributed by atoms with van der Waals surface area (Å²) in [4.78, 5) is 20.9. The van der Waals surface area contributed by atoms with Crippen molar-refractivity contribution in [3.63, 3.8) is 0 Å². The number of pyridine rings is 1. The van der Waals surface area contributed by atoms with Crippen molar-refractivity contribution in [2.24, 2.45) is 0 Å². The Morgan fingerprint density at radius 1 is 1.29 bits per heavy atom. The number of ether oxygens (including phenoxy) is 1. The molecule has 0 unspecified atom stereocenters. The first-order valence-electron chi connectivity index (χ1n) is 11.1. The van der Waals surface area contributed by atoms with Crippen LogP contribution in [0.1, 0.15) is 43.1 Å². The van der Waals surface area contributed by atoms with E-state index in [9.17, 15) is 9.90 Å². The quantitative estimate of drug-likeness (QED) is 0.413. The zero-order valence-corrected chi connectivity index (χ0v) is 19.2. The highest BCUT2D eigenvalue weighted by atomic mass is 19.1. The molecule has 0 spiro atoms. The number of hydrogen-bond acceptors (Lipinski definition) is 7. The highest BCUT2D eigenvalue weighted by molar-refractivity contribution is 5.93. The maximum absolute atomic E-state index is 15.2. The van der Waals surface area contributed by atoms with Crippen molar-refractivity contribution in [3.8, 4) is 17.0 Å². The van der Waals surface area contributed by atoms with Gasteiger partial charge in [0, 0.05) is 24.8 Å². The number of anilines is 1. The van der Waals surface area contributed by atoms with Crippen LogP contribution >= 0.6 is 0 Å². The lowest BCUT2D eigenvalue weighted by atomic mass is 9.84. The fourth-order valence-electron chi connectivity index (χ4n) is 4.49. The van der Waals surface area contributed by atoms with Gasteiger partial charge in [-0.05, 0) is 44.7 Å². The molecule has 0 aliphatic heterocycles. The van der Waals surface area contributed by atoms with Crippen LogP contribution in [0.25, 0.3) is 22.3 Å². The summed E-state index contributed by atoms with van der Waals surface area (Å²) in [6, 6.07) is 3.55. The summed E-state index contributed by atoms with van der Waals surface area (Å²) in [6.07, 6.45) is 7.33. The van der Waals surface area contributed by atoms with Crippen LogP contribution < -0.4 is 15.4 Å². The zero-order chi connectivity index (χ0) is 24.0. The summed E-state index contributed by atoms with van der Waals surface area (Å²) >= 11 is 0. The lowest BCUT2D eigenvalue weighted by Crippen LogP contribution is -2.36. The zero-order valence-electron chi connectivity index (χ0n) is 19.2. The van der Waals surface area contributed by atoms with Gasteiger partial charge in [0.15, 0.2) is 5.82 Å². The number of amides is 1. The predicted octanol–water partition coefficient (Wildman–Crippen LogP) is 2.66. The van der Waals surface area contributed by atoms with Crippen molar-refractivity contribution >= 4 is 23.0 Å². The Bertz CT molecular complexity index is 1380. The summed E-state index contributed by atoms with van der Waals surface area (Å²) in [5.41, 5.74) is 1.41. The number of aliphatic hydroxyl groups is 1. The fourth-order valence-corrected chi connectivity index (χ4v) is 4.49. The summed E-state index contributed by atoms with van der Waals surface area (Å²) < 4.78 is 23.8. The fraction of sp³-hybridized carbons (Fsp3) is 0.391. The van der Waals surface area contributed by atoms with Gasteiger partial charge in [-0.1, -0.05) is 0 Å². The number of nitrogens with zero attached hydrogens (tertiary/aromatic N) is 5. The number of methoxy groups -OCH3 is 1. The minimum atomic E-state index is -0.646. The highest BCUT2D eigenvalue weighted by Crippen LogP contribution is 2.35. The van der Waals surface area contributed by atoms with Crippen LogP contribution in [-0.2, 0) is 0 Å². The molecule has 4 heterocycles. The normalized spacial score (nSPS) is 20.6. The second-order valence-corrected chi connectivity index (χ2v) is 8.87. The summed E-state index contributed by atoms with van der Waals surface area (Å²) in [7, 11) is 3.01. The maximum Gasteiger partial charge on any atom is 0.269 e. The van der Waals surface area contributed by atoms with Crippen molar-refractivity contribution in [1.29, 1.82) is 0 Å². The van der Waals surface area contributed by atoms with E-state index in [2.05, 4.69) is 25.7 Å². The van der Waals surface area contributed by atoms with Gasteiger partial charge in [-0.3, -0.25) is 9.20 Å². The molecule has 4 aromatic rings. The van der Waals surface area contributed by atoms with E-state index < -0.39 is 11.4 Å². The van der Waals surface area contributed by atoms with Gasteiger partial charge in [0.2, 0.25) is 11.8 Å². The lowest BCUT2D eigenvalue weighted by molar-refractivity contribution is 0.0195. The molecule has 1 saturated carbocycles. The first kappa shape index (κ1) is 22.1. The maximum atomic E-state index is 15.2. The van der Waals surface area contributed by atoms with Crippen LogP contribution in [0.4, 0.5) is 10.3 Å². The molecule has 178 valence electrons. The van der Waals surface area contributed by atoms with Crippen molar-refractivity contribution in [3.05, 3.63) is 42.2 Å². The standard InChI is InChI=1S/C23H26FN7O3/c1-23(33)8-6-14(7-9-23)27-22-28-21(34-3)19-18(15(24)12-31(19)29-22)13-4-5-17-26-10-16(20(32)25-2)30(17)11-13/h4-5,10-12,14,33H,6-9H2,1-3H3,(H,25,32)(H,27,29)/t14-,23-. The van der Waals surface area contributed by atoms with Crippen molar-refractivity contribution in [2.45, 2.75) is 44.2 Å². The molecule has 10 nitrogen and oxygen atoms in total. The van der Waals surface area contributed by atoms with E-state index in [-0.39, 0.29) is 23.4 Å². The molecule has 0 saturated heterocycles. The molecule has 5 rings (SSSR count). The number of aromatic nitrogens is 5. The van der Waals surface area contributed by atoms with E-state index in [0.29, 0.717) is 41.2 Å². The van der Waals surface area contributed by atoms with E-state index in [1.54, 1.807) is 22.7 Å². The Morgan fingerprint density at radius 3 is 2.76 bits per heavy atom. The molecule has 4 aromatic heterocycles. The van der Waals surface area contributed by atoms with Gasteiger partial charge in [-0.15, -0.1) is 5.10 Å². The monoisotopic (exact) mass is 467 g/mol. The van der Waals surface area contributed by atoms with Crippen LogP contribution in [0.2, 0.25) is 0 Å². The number of carbonyl (C=O) groups excluding carboxylic acids is 1. The Morgan fingerprint density at radius 2 is 2.06 bits per heavy atom. The van der Waals surface area contributed by atoms with Gasteiger partial charge in [-0.25, -0.2) is 13.9 Å². The van der Waals surface area contributed by atoms with Gasteiger partial charge >= 0.3 is 0 Å². The molecule has 1 aliphatic rings. The average molecular weight is 468 g/mol. The first-order chi connectivity index (χ1) is 16.3. The van der Waals surface area contributed by atoms with Gasteiger partial charge in [0.05, 0.1) is 30.7 Å². The predicted molar refractivity (Wildman–Crippen MR) is 124 cm³/mol. The Hall–Kier alpha value is -3.73. The smallest absolute Gasteiger partial charge is 0.269 e. The minimum Gasteiger partial charge on any atom is -0.479 e. The third kappa shape index (κ3) is 3.81. The molecule has 1 aliphatic carbocycles. The van der Waals surface area contributed by atoms with Crippen LogP contribution in [0, 0.1) is 5.82 Å². The van der Waals surface area contributed by atoms with E-state index in [0.717, 1.165) is 12.8 Å². The molecule has 0 atom stereocenters. The van der Waals surface area contributed by atoms with E-state index in [1.165, 1.54) is 31.1 Å². The number of carbonyl (C=O) groups is 1.